The Hall–Kier alpha value is -1.85. The van der Waals surface area contributed by atoms with Gasteiger partial charge in [0, 0.05) is 4.47 Å². The van der Waals surface area contributed by atoms with Gasteiger partial charge in [-0.2, -0.15) is 0 Å². The summed E-state index contributed by atoms with van der Waals surface area (Å²) in [5, 5.41) is 3.49. The molecule has 0 radical (unpaired) electrons. The SMILES string of the molecule is Cc1cc(C)cc(CN=C2NC(=O)/C(=C/c3ccc(Br)cc3)S2)c1. The summed E-state index contributed by atoms with van der Waals surface area (Å²) in [4.78, 5) is 17.3. The molecule has 5 heteroatoms. The minimum Gasteiger partial charge on any atom is -0.301 e. The lowest BCUT2D eigenvalue weighted by atomic mass is 10.1. The third kappa shape index (κ3) is 4.36. The fourth-order valence-electron chi connectivity index (χ4n) is 2.54. The van der Waals surface area contributed by atoms with Crippen LogP contribution >= 0.6 is 27.7 Å². The van der Waals surface area contributed by atoms with E-state index in [4.69, 9.17) is 0 Å². The molecular weight excluding hydrogens is 384 g/mol. The van der Waals surface area contributed by atoms with Crippen LogP contribution in [-0.2, 0) is 11.3 Å². The molecule has 2 aromatic carbocycles. The smallest absolute Gasteiger partial charge is 0.264 e. The van der Waals surface area contributed by atoms with Crippen LogP contribution in [0.5, 0.6) is 0 Å². The number of hydrogen-bond acceptors (Lipinski definition) is 3. The van der Waals surface area contributed by atoms with Gasteiger partial charge in [-0.15, -0.1) is 0 Å². The van der Waals surface area contributed by atoms with Gasteiger partial charge in [0.15, 0.2) is 5.17 Å². The van der Waals surface area contributed by atoms with E-state index in [9.17, 15) is 4.79 Å². The standard InChI is InChI=1S/C19H17BrN2OS/c1-12-7-13(2)9-15(8-12)11-21-19-22-18(23)17(24-19)10-14-3-5-16(20)6-4-14/h3-10H,11H2,1-2H3,(H,21,22,23)/b17-10-. The summed E-state index contributed by atoms with van der Waals surface area (Å²) in [5.74, 6) is -0.0953. The van der Waals surface area contributed by atoms with Gasteiger partial charge in [0.2, 0.25) is 0 Å². The molecule has 1 amide bonds. The number of aryl methyl sites for hydroxylation is 2. The van der Waals surface area contributed by atoms with Gasteiger partial charge in [-0.3, -0.25) is 9.79 Å². The first-order chi connectivity index (χ1) is 11.5. The molecular formula is C19H17BrN2OS. The van der Waals surface area contributed by atoms with Crippen LogP contribution in [0.15, 0.2) is 56.8 Å². The number of nitrogens with zero attached hydrogens (tertiary/aromatic N) is 1. The molecule has 3 nitrogen and oxygen atoms in total. The minimum absolute atomic E-state index is 0.0953. The van der Waals surface area contributed by atoms with Crippen molar-refractivity contribution >= 4 is 44.8 Å². The van der Waals surface area contributed by atoms with E-state index in [1.54, 1.807) is 0 Å². The van der Waals surface area contributed by atoms with Gasteiger partial charge in [0.1, 0.15) is 0 Å². The first-order valence-corrected chi connectivity index (χ1v) is 9.19. The maximum absolute atomic E-state index is 12.1. The summed E-state index contributed by atoms with van der Waals surface area (Å²) >= 11 is 4.79. The monoisotopic (exact) mass is 400 g/mol. The van der Waals surface area contributed by atoms with Crippen LogP contribution in [0.1, 0.15) is 22.3 Å². The van der Waals surface area contributed by atoms with E-state index >= 15 is 0 Å². The number of rotatable bonds is 3. The molecule has 24 heavy (non-hydrogen) atoms. The fraction of sp³-hybridized carbons (Fsp3) is 0.158. The van der Waals surface area contributed by atoms with Crippen LogP contribution in [0.3, 0.4) is 0 Å². The Labute approximate surface area is 154 Å². The number of benzene rings is 2. The number of aliphatic imine (C=N–C) groups is 1. The summed E-state index contributed by atoms with van der Waals surface area (Å²) in [6.45, 7) is 4.72. The second kappa shape index (κ2) is 7.36. The van der Waals surface area contributed by atoms with Gasteiger partial charge in [0.05, 0.1) is 11.4 Å². The number of carbonyl (C=O) groups is 1. The van der Waals surface area contributed by atoms with E-state index in [0.29, 0.717) is 16.6 Å². The molecule has 0 atom stereocenters. The van der Waals surface area contributed by atoms with E-state index in [-0.39, 0.29) is 5.91 Å². The van der Waals surface area contributed by atoms with Crippen molar-refractivity contribution in [2.45, 2.75) is 20.4 Å². The summed E-state index contributed by atoms with van der Waals surface area (Å²) in [5.41, 5.74) is 4.60. The third-order valence-corrected chi connectivity index (χ3v) is 4.98. The Morgan fingerprint density at radius 3 is 2.46 bits per heavy atom. The number of amides is 1. The number of halogens is 1. The average molecular weight is 401 g/mol. The molecule has 0 spiro atoms. The van der Waals surface area contributed by atoms with E-state index in [2.05, 4.69) is 58.3 Å². The van der Waals surface area contributed by atoms with Crippen LogP contribution in [0.25, 0.3) is 6.08 Å². The van der Waals surface area contributed by atoms with Gasteiger partial charge in [0.25, 0.3) is 5.91 Å². The highest BCUT2D eigenvalue weighted by Gasteiger charge is 2.23. The predicted molar refractivity (Wildman–Crippen MR) is 105 cm³/mol. The van der Waals surface area contributed by atoms with E-state index in [1.165, 1.54) is 22.9 Å². The molecule has 1 fully saturated rings. The van der Waals surface area contributed by atoms with Crippen molar-refractivity contribution in [3.8, 4) is 0 Å². The molecule has 1 aliphatic rings. The molecule has 0 aromatic heterocycles. The Bertz CT molecular complexity index is 821. The van der Waals surface area contributed by atoms with E-state index in [1.807, 2.05) is 30.3 Å². The minimum atomic E-state index is -0.0953. The lowest BCUT2D eigenvalue weighted by Crippen LogP contribution is -2.19. The zero-order chi connectivity index (χ0) is 17.1. The molecule has 1 heterocycles. The number of carbonyl (C=O) groups excluding carboxylic acids is 1. The first kappa shape index (κ1) is 17.0. The van der Waals surface area contributed by atoms with E-state index in [0.717, 1.165) is 15.6 Å². The average Bonchev–Trinajstić information content (AvgIpc) is 2.87. The highest BCUT2D eigenvalue weighted by molar-refractivity contribution is 9.10. The molecule has 1 saturated heterocycles. The number of thioether (sulfide) groups is 1. The molecule has 1 N–H and O–H groups in total. The maximum atomic E-state index is 12.1. The Morgan fingerprint density at radius 1 is 1.12 bits per heavy atom. The highest BCUT2D eigenvalue weighted by Crippen LogP contribution is 2.26. The third-order valence-electron chi connectivity index (χ3n) is 3.51. The number of hydrogen-bond donors (Lipinski definition) is 1. The normalized spacial score (nSPS) is 17.5. The zero-order valence-electron chi connectivity index (χ0n) is 13.5. The van der Waals surface area contributed by atoms with Crippen molar-refractivity contribution in [1.82, 2.24) is 5.32 Å². The lowest BCUT2D eigenvalue weighted by molar-refractivity contribution is -0.115. The van der Waals surface area contributed by atoms with Crippen molar-refractivity contribution in [1.29, 1.82) is 0 Å². The molecule has 0 bridgehead atoms. The Morgan fingerprint density at radius 2 is 1.79 bits per heavy atom. The van der Waals surface area contributed by atoms with E-state index < -0.39 is 0 Å². The van der Waals surface area contributed by atoms with Crippen LogP contribution < -0.4 is 5.32 Å². The lowest BCUT2D eigenvalue weighted by Gasteiger charge is -2.02. The Balaban J connectivity index is 1.73. The number of amidine groups is 1. The van der Waals surface area contributed by atoms with Crippen LogP contribution in [0.4, 0.5) is 0 Å². The quantitative estimate of drug-likeness (QED) is 0.749. The molecule has 0 aliphatic carbocycles. The van der Waals surface area contributed by atoms with Crippen molar-refractivity contribution in [2.24, 2.45) is 4.99 Å². The molecule has 2 aromatic rings. The van der Waals surface area contributed by atoms with Crippen LogP contribution in [-0.4, -0.2) is 11.1 Å². The molecule has 0 saturated carbocycles. The van der Waals surface area contributed by atoms with Gasteiger partial charge >= 0.3 is 0 Å². The fourth-order valence-corrected chi connectivity index (χ4v) is 3.62. The van der Waals surface area contributed by atoms with Gasteiger partial charge < -0.3 is 5.32 Å². The van der Waals surface area contributed by atoms with Crippen molar-refractivity contribution < 1.29 is 4.79 Å². The zero-order valence-corrected chi connectivity index (χ0v) is 15.9. The first-order valence-electron chi connectivity index (χ1n) is 7.58. The molecule has 3 rings (SSSR count). The number of nitrogens with one attached hydrogen (secondary N) is 1. The van der Waals surface area contributed by atoms with Crippen molar-refractivity contribution in [3.05, 3.63) is 74.1 Å². The van der Waals surface area contributed by atoms with Crippen molar-refractivity contribution in [3.63, 3.8) is 0 Å². The summed E-state index contributed by atoms with van der Waals surface area (Å²) in [6.07, 6.45) is 1.88. The summed E-state index contributed by atoms with van der Waals surface area (Å²) in [7, 11) is 0. The topological polar surface area (TPSA) is 41.5 Å². The predicted octanol–water partition coefficient (Wildman–Crippen LogP) is 4.83. The Kier molecular flexibility index (Phi) is 5.21. The van der Waals surface area contributed by atoms with Gasteiger partial charge in [-0.05, 0) is 54.9 Å². The van der Waals surface area contributed by atoms with Crippen LogP contribution in [0.2, 0.25) is 0 Å². The molecule has 122 valence electrons. The molecule has 1 aliphatic heterocycles. The summed E-state index contributed by atoms with van der Waals surface area (Å²) in [6, 6.07) is 14.2. The highest BCUT2D eigenvalue weighted by atomic mass is 79.9. The maximum Gasteiger partial charge on any atom is 0.264 e. The second-order valence-corrected chi connectivity index (χ2v) is 7.68. The van der Waals surface area contributed by atoms with Gasteiger partial charge in [-0.25, -0.2) is 0 Å². The summed E-state index contributed by atoms with van der Waals surface area (Å²) < 4.78 is 1.02. The molecule has 0 unspecified atom stereocenters. The van der Waals surface area contributed by atoms with Crippen molar-refractivity contribution in [2.75, 3.05) is 0 Å². The largest absolute Gasteiger partial charge is 0.301 e. The second-order valence-electron chi connectivity index (χ2n) is 5.73. The van der Waals surface area contributed by atoms with Gasteiger partial charge in [-0.1, -0.05) is 57.4 Å². The van der Waals surface area contributed by atoms with Crippen LogP contribution in [0, 0.1) is 13.8 Å².